The number of hydrogen-bond acceptors (Lipinski definition) is 4. The number of aliphatic hydroxyl groups excluding tert-OH is 3. The summed E-state index contributed by atoms with van der Waals surface area (Å²) in [5.74, 6) is 0. The smallest absolute Gasteiger partial charge is 0.134 e. The SMILES string of the molecule is OC(I)[C@H]1OCC(O)[C@@H]1O. The molecule has 1 aliphatic heterocycles. The summed E-state index contributed by atoms with van der Waals surface area (Å²) in [5, 5.41) is 26.9. The summed E-state index contributed by atoms with van der Waals surface area (Å²) in [6.45, 7) is 0.103. The number of alkyl halides is 1. The lowest BCUT2D eigenvalue weighted by molar-refractivity contribution is -0.0126. The summed E-state index contributed by atoms with van der Waals surface area (Å²) in [6, 6.07) is 0. The monoisotopic (exact) mass is 260 g/mol. The summed E-state index contributed by atoms with van der Waals surface area (Å²) in [6.07, 6.45) is -2.45. The minimum absolute atomic E-state index is 0.103. The highest BCUT2D eigenvalue weighted by Crippen LogP contribution is 2.20. The predicted molar refractivity (Wildman–Crippen MR) is 41.8 cm³/mol. The topological polar surface area (TPSA) is 69.9 Å². The van der Waals surface area contributed by atoms with Crippen LogP contribution in [0.1, 0.15) is 0 Å². The van der Waals surface area contributed by atoms with E-state index in [1.807, 2.05) is 0 Å². The molecule has 0 radical (unpaired) electrons. The van der Waals surface area contributed by atoms with Crippen LogP contribution in [0.5, 0.6) is 0 Å². The third kappa shape index (κ3) is 1.59. The molecule has 0 aromatic heterocycles. The van der Waals surface area contributed by atoms with Crippen LogP contribution in [0.2, 0.25) is 0 Å². The zero-order valence-corrected chi connectivity index (χ0v) is 7.30. The van der Waals surface area contributed by atoms with Crippen molar-refractivity contribution in [3.05, 3.63) is 0 Å². The molecule has 10 heavy (non-hydrogen) atoms. The molecular formula is C5H9IO4. The highest BCUT2D eigenvalue weighted by Gasteiger charge is 2.37. The number of halogens is 1. The molecule has 1 rings (SSSR count). The van der Waals surface area contributed by atoms with Gasteiger partial charge in [-0.15, -0.1) is 0 Å². The van der Waals surface area contributed by atoms with Crippen molar-refractivity contribution in [2.75, 3.05) is 6.61 Å². The molecule has 0 spiro atoms. The van der Waals surface area contributed by atoms with E-state index in [0.717, 1.165) is 0 Å². The van der Waals surface area contributed by atoms with E-state index in [1.54, 1.807) is 22.6 Å². The lowest BCUT2D eigenvalue weighted by Crippen LogP contribution is -2.35. The van der Waals surface area contributed by atoms with Crippen molar-refractivity contribution in [3.8, 4) is 0 Å². The van der Waals surface area contributed by atoms with Gasteiger partial charge in [-0.1, -0.05) is 0 Å². The largest absolute Gasteiger partial charge is 0.388 e. The van der Waals surface area contributed by atoms with Gasteiger partial charge in [-0.2, -0.15) is 0 Å². The third-order valence-electron chi connectivity index (χ3n) is 1.46. The van der Waals surface area contributed by atoms with E-state index in [0.29, 0.717) is 0 Å². The Kier molecular flexibility index (Phi) is 2.87. The van der Waals surface area contributed by atoms with Gasteiger partial charge in [-0.25, -0.2) is 0 Å². The molecule has 3 N–H and O–H groups in total. The van der Waals surface area contributed by atoms with E-state index in [-0.39, 0.29) is 6.61 Å². The second-order valence-electron chi connectivity index (χ2n) is 2.23. The molecule has 0 aromatic rings. The summed E-state index contributed by atoms with van der Waals surface area (Å²) < 4.78 is 4.12. The lowest BCUT2D eigenvalue weighted by Gasteiger charge is -2.15. The second kappa shape index (κ2) is 3.31. The Balaban J connectivity index is 2.49. The van der Waals surface area contributed by atoms with Crippen LogP contribution in [0.15, 0.2) is 0 Å². The van der Waals surface area contributed by atoms with Crippen LogP contribution >= 0.6 is 22.6 Å². The van der Waals surface area contributed by atoms with E-state index >= 15 is 0 Å². The van der Waals surface area contributed by atoms with Gasteiger partial charge in [-0.3, -0.25) is 0 Å². The van der Waals surface area contributed by atoms with E-state index in [1.165, 1.54) is 0 Å². The molecule has 4 atom stereocenters. The molecule has 0 amide bonds. The minimum Gasteiger partial charge on any atom is -0.388 e. The number of hydrogen-bond donors (Lipinski definition) is 3. The average Bonchev–Trinajstić information content (AvgIpc) is 2.14. The molecule has 4 nitrogen and oxygen atoms in total. The van der Waals surface area contributed by atoms with Gasteiger partial charge in [0, 0.05) is 0 Å². The van der Waals surface area contributed by atoms with Crippen LogP contribution in [0.25, 0.3) is 0 Å². The van der Waals surface area contributed by atoms with E-state index in [4.69, 9.17) is 20.1 Å². The summed E-state index contributed by atoms with van der Waals surface area (Å²) in [4.78, 5) is 0. The highest BCUT2D eigenvalue weighted by molar-refractivity contribution is 14.1. The Morgan fingerprint density at radius 1 is 1.50 bits per heavy atom. The summed E-state index contributed by atoms with van der Waals surface area (Å²) in [7, 11) is 0. The fourth-order valence-electron chi connectivity index (χ4n) is 0.868. The fourth-order valence-corrected chi connectivity index (χ4v) is 1.50. The van der Waals surface area contributed by atoms with E-state index < -0.39 is 22.4 Å². The van der Waals surface area contributed by atoms with Gasteiger partial charge >= 0.3 is 0 Å². The highest BCUT2D eigenvalue weighted by atomic mass is 127. The maximum Gasteiger partial charge on any atom is 0.134 e. The Morgan fingerprint density at radius 2 is 2.10 bits per heavy atom. The average molecular weight is 260 g/mol. The maximum absolute atomic E-state index is 9.09. The first kappa shape index (κ1) is 8.66. The van der Waals surface area contributed by atoms with Gasteiger partial charge in [0.2, 0.25) is 0 Å². The van der Waals surface area contributed by atoms with Crippen molar-refractivity contribution in [3.63, 3.8) is 0 Å². The normalized spacial score (nSPS) is 43.8. The van der Waals surface area contributed by atoms with Crippen molar-refractivity contribution in [2.45, 2.75) is 22.4 Å². The first-order chi connectivity index (χ1) is 4.63. The van der Waals surface area contributed by atoms with Gasteiger partial charge in [0.05, 0.1) is 6.61 Å². The Bertz CT molecular complexity index is 118. The lowest BCUT2D eigenvalue weighted by atomic mass is 10.2. The molecule has 1 fully saturated rings. The molecule has 0 bridgehead atoms. The third-order valence-corrected chi connectivity index (χ3v) is 2.17. The molecule has 60 valence electrons. The zero-order chi connectivity index (χ0) is 7.72. The standard InChI is InChI=1S/C5H9IO4/c6-5(9)4-3(8)2(7)1-10-4/h2-5,7-9H,1H2/t2?,3-,4-,5?/m0/s1. The number of aliphatic hydroxyl groups is 3. The molecule has 0 aliphatic carbocycles. The molecule has 0 saturated carbocycles. The van der Waals surface area contributed by atoms with Crippen molar-refractivity contribution in [2.24, 2.45) is 0 Å². The Hall–Kier alpha value is 0.570. The van der Waals surface area contributed by atoms with Gasteiger partial charge in [0.1, 0.15) is 22.4 Å². The maximum atomic E-state index is 9.09. The van der Waals surface area contributed by atoms with Crippen molar-refractivity contribution >= 4 is 22.6 Å². The van der Waals surface area contributed by atoms with Crippen LogP contribution in [0.3, 0.4) is 0 Å². The van der Waals surface area contributed by atoms with E-state index in [9.17, 15) is 0 Å². The molecule has 2 unspecified atom stereocenters. The van der Waals surface area contributed by atoms with Crippen molar-refractivity contribution < 1.29 is 20.1 Å². The molecular weight excluding hydrogens is 251 g/mol. The number of rotatable bonds is 1. The van der Waals surface area contributed by atoms with Crippen LogP contribution in [0, 0.1) is 0 Å². The summed E-state index contributed by atoms with van der Waals surface area (Å²) >= 11 is 1.73. The minimum atomic E-state index is -0.952. The molecule has 1 aliphatic rings. The van der Waals surface area contributed by atoms with Gasteiger partial charge in [0.25, 0.3) is 0 Å². The molecule has 1 heterocycles. The van der Waals surface area contributed by atoms with Gasteiger partial charge in [0.15, 0.2) is 0 Å². The predicted octanol–water partition coefficient (Wildman–Crippen LogP) is -1.14. The van der Waals surface area contributed by atoms with Crippen LogP contribution < -0.4 is 0 Å². The quantitative estimate of drug-likeness (QED) is 0.412. The first-order valence-corrected chi connectivity index (χ1v) is 4.17. The van der Waals surface area contributed by atoms with Crippen molar-refractivity contribution in [1.29, 1.82) is 0 Å². The van der Waals surface area contributed by atoms with Gasteiger partial charge < -0.3 is 20.1 Å². The van der Waals surface area contributed by atoms with Crippen LogP contribution in [0.4, 0.5) is 0 Å². The van der Waals surface area contributed by atoms with Gasteiger partial charge in [-0.05, 0) is 22.6 Å². The molecule has 0 aromatic carbocycles. The van der Waals surface area contributed by atoms with E-state index in [2.05, 4.69) is 0 Å². The Morgan fingerprint density at radius 3 is 2.30 bits per heavy atom. The second-order valence-corrected chi connectivity index (χ2v) is 3.50. The zero-order valence-electron chi connectivity index (χ0n) is 5.14. The Labute approximate surface area is 72.0 Å². The molecule has 1 saturated heterocycles. The fraction of sp³-hybridized carbons (Fsp3) is 1.00. The number of ether oxygens (including phenoxy) is 1. The molecule has 5 heteroatoms. The first-order valence-electron chi connectivity index (χ1n) is 2.93. The van der Waals surface area contributed by atoms with Crippen LogP contribution in [-0.4, -0.2) is 44.3 Å². The van der Waals surface area contributed by atoms with Crippen molar-refractivity contribution in [1.82, 2.24) is 0 Å². The van der Waals surface area contributed by atoms with Crippen LogP contribution in [-0.2, 0) is 4.74 Å². The summed E-state index contributed by atoms with van der Waals surface area (Å²) in [5.41, 5.74) is 0.